The van der Waals surface area contributed by atoms with Crippen molar-refractivity contribution in [3.05, 3.63) is 62.0 Å². The first-order valence-corrected chi connectivity index (χ1v) is 9.81. The molecule has 0 aromatic heterocycles. The predicted molar refractivity (Wildman–Crippen MR) is 114 cm³/mol. The first kappa shape index (κ1) is 22.2. The van der Waals surface area contributed by atoms with Crippen LogP contribution in [0.3, 0.4) is 0 Å². The molecule has 6 nitrogen and oxygen atoms in total. The van der Waals surface area contributed by atoms with E-state index in [0.29, 0.717) is 15.1 Å². The van der Waals surface area contributed by atoms with Gasteiger partial charge in [-0.05, 0) is 63.8 Å². The van der Waals surface area contributed by atoms with Crippen LogP contribution in [0, 0.1) is 5.92 Å². The molecular formula is C19H18BrCl2N3O3. The van der Waals surface area contributed by atoms with Gasteiger partial charge in [-0.2, -0.15) is 5.10 Å². The third-order valence-electron chi connectivity index (χ3n) is 3.77. The maximum absolute atomic E-state index is 12.5. The van der Waals surface area contributed by atoms with Gasteiger partial charge in [-0.3, -0.25) is 9.59 Å². The maximum atomic E-state index is 12.5. The molecule has 0 heterocycles. The second-order valence-corrected chi connectivity index (χ2v) is 7.96. The van der Waals surface area contributed by atoms with Gasteiger partial charge in [-0.25, -0.2) is 5.43 Å². The quantitative estimate of drug-likeness (QED) is 0.418. The van der Waals surface area contributed by atoms with E-state index in [9.17, 15) is 14.7 Å². The standard InChI is InChI=1S/C19H18BrCl2N3O3/c1-10(2)17(24-18(27)13-5-4-12(21)8-15(13)22)19(28)25-23-9-11-3-6-16(26)14(20)7-11/h3-10,17,26H,1-2H3,(H,24,27)(H,25,28). The highest BCUT2D eigenvalue weighted by Crippen LogP contribution is 2.23. The van der Waals surface area contributed by atoms with Crippen LogP contribution >= 0.6 is 39.1 Å². The van der Waals surface area contributed by atoms with Crippen molar-refractivity contribution in [3.63, 3.8) is 0 Å². The lowest BCUT2D eigenvalue weighted by Crippen LogP contribution is -2.48. The Hall–Kier alpha value is -2.09. The predicted octanol–water partition coefficient (Wildman–Crippen LogP) is 4.37. The minimum Gasteiger partial charge on any atom is -0.507 e. The summed E-state index contributed by atoms with van der Waals surface area (Å²) in [5.74, 6) is -1.04. The van der Waals surface area contributed by atoms with Gasteiger partial charge >= 0.3 is 0 Å². The van der Waals surface area contributed by atoms with Crippen molar-refractivity contribution in [2.45, 2.75) is 19.9 Å². The lowest BCUT2D eigenvalue weighted by atomic mass is 10.0. The molecule has 1 unspecified atom stereocenters. The molecule has 0 radical (unpaired) electrons. The van der Waals surface area contributed by atoms with Crippen LogP contribution in [0.2, 0.25) is 10.0 Å². The zero-order chi connectivity index (χ0) is 20.8. The number of amides is 2. The molecule has 0 aliphatic carbocycles. The summed E-state index contributed by atoms with van der Waals surface area (Å²) in [4.78, 5) is 24.9. The Bertz CT molecular complexity index is 919. The normalized spacial score (nSPS) is 12.2. The molecule has 0 aliphatic rings. The Balaban J connectivity index is 2.05. The third kappa shape index (κ3) is 5.95. The van der Waals surface area contributed by atoms with Gasteiger partial charge in [0.15, 0.2) is 0 Å². The van der Waals surface area contributed by atoms with Gasteiger partial charge in [-0.1, -0.05) is 37.0 Å². The fourth-order valence-electron chi connectivity index (χ4n) is 2.27. The smallest absolute Gasteiger partial charge is 0.262 e. The van der Waals surface area contributed by atoms with Crippen molar-refractivity contribution in [1.82, 2.24) is 10.7 Å². The molecule has 9 heteroatoms. The Morgan fingerprint density at radius 3 is 2.50 bits per heavy atom. The number of hydrazone groups is 1. The highest BCUT2D eigenvalue weighted by Gasteiger charge is 2.25. The van der Waals surface area contributed by atoms with E-state index >= 15 is 0 Å². The molecule has 0 aliphatic heterocycles. The lowest BCUT2D eigenvalue weighted by Gasteiger charge is -2.20. The highest BCUT2D eigenvalue weighted by molar-refractivity contribution is 9.10. The molecule has 2 rings (SSSR count). The second-order valence-electron chi connectivity index (χ2n) is 6.26. The zero-order valence-corrected chi connectivity index (χ0v) is 18.1. The van der Waals surface area contributed by atoms with E-state index in [1.807, 2.05) is 0 Å². The topological polar surface area (TPSA) is 90.8 Å². The first-order chi connectivity index (χ1) is 13.2. The Morgan fingerprint density at radius 2 is 1.89 bits per heavy atom. The molecule has 1 atom stereocenters. The van der Waals surface area contributed by atoms with E-state index < -0.39 is 17.9 Å². The molecule has 0 saturated heterocycles. The van der Waals surface area contributed by atoms with E-state index in [0.717, 1.165) is 0 Å². The van der Waals surface area contributed by atoms with Crippen molar-refractivity contribution in [2.24, 2.45) is 11.0 Å². The number of phenols is 1. The Morgan fingerprint density at radius 1 is 1.18 bits per heavy atom. The largest absolute Gasteiger partial charge is 0.507 e. The SMILES string of the molecule is CC(C)C(NC(=O)c1ccc(Cl)cc1Cl)C(=O)NN=Cc1ccc(O)c(Br)c1. The number of hydrogen-bond acceptors (Lipinski definition) is 4. The van der Waals surface area contributed by atoms with Crippen LogP contribution in [0.1, 0.15) is 29.8 Å². The summed E-state index contributed by atoms with van der Waals surface area (Å²) in [6.45, 7) is 3.60. The fraction of sp³-hybridized carbons (Fsp3) is 0.211. The number of aromatic hydroxyl groups is 1. The number of nitrogens with zero attached hydrogens (tertiary/aromatic N) is 1. The summed E-state index contributed by atoms with van der Waals surface area (Å²) in [7, 11) is 0. The summed E-state index contributed by atoms with van der Waals surface area (Å²) >= 11 is 15.1. The molecule has 3 N–H and O–H groups in total. The van der Waals surface area contributed by atoms with Crippen molar-refractivity contribution in [3.8, 4) is 5.75 Å². The highest BCUT2D eigenvalue weighted by atomic mass is 79.9. The molecular weight excluding hydrogens is 469 g/mol. The summed E-state index contributed by atoms with van der Waals surface area (Å²) in [5, 5.41) is 16.7. The molecule has 0 saturated carbocycles. The van der Waals surface area contributed by atoms with E-state index in [1.54, 1.807) is 32.0 Å². The van der Waals surface area contributed by atoms with Crippen LogP contribution < -0.4 is 10.7 Å². The van der Waals surface area contributed by atoms with Crippen LogP contribution in [0.15, 0.2) is 46.0 Å². The van der Waals surface area contributed by atoms with E-state index in [1.165, 1.54) is 24.4 Å². The van der Waals surface area contributed by atoms with Gasteiger partial charge in [0.1, 0.15) is 11.8 Å². The van der Waals surface area contributed by atoms with Gasteiger partial charge in [-0.15, -0.1) is 0 Å². The van der Waals surface area contributed by atoms with E-state index in [-0.39, 0.29) is 22.3 Å². The molecule has 28 heavy (non-hydrogen) atoms. The van der Waals surface area contributed by atoms with Crippen molar-refractivity contribution in [1.29, 1.82) is 0 Å². The monoisotopic (exact) mass is 485 g/mol. The van der Waals surface area contributed by atoms with Crippen molar-refractivity contribution < 1.29 is 14.7 Å². The van der Waals surface area contributed by atoms with E-state index in [4.69, 9.17) is 23.2 Å². The Labute approximate surface area is 181 Å². The molecule has 0 fully saturated rings. The molecule has 0 bridgehead atoms. The van der Waals surface area contributed by atoms with Crippen LogP contribution in [0.4, 0.5) is 0 Å². The number of carbonyl (C=O) groups excluding carboxylic acids is 2. The molecule has 2 aromatic rings. The van der Waals surface area contributed by atoms with E-state index in [2.05, 4.69) is 31.8 Å². The summed E-state index contributed by atoms with van der Waals surface area (Å²) in [6.07, 6.45) is 1.43. The van der Waals surface area contributed by atoms with Gasteiger partial charge in [0, 0.05) is 5.02 Å². The minimum atomic E-state index is -0.817. The fourth-order valence-corrected chi connectivity index (χ4v) is 3.16. The van der Waals surface area contributed by atoms with Gasteiger partial charge in [0.25, 0.3) is 11.8 Å². The van der Waals surface area contributed by atoms with Crippen molar-refractivity contribution >= 4 is 57.2 Å². The number of hydrogen-bond donors (Lipinski definition) is 3. The average molecular weight is 487 g/mol. The van der Waals surface area contributed by atoms with Crippen LogP contribution in [0.5, 0.6) is 5.75 Å². The van der Waals surface area contributed by atoms with Gasteiger partial charge in [0.05, 0.1) is 21.3 Å². The van der Waals surface area contributed by atoms with Crippen LogP contribution in [-0.2, 0) is 4.79 Å². The lowest BCUT2D eigenvalue weighted by molar-refractivity contribution is -0.123. The summed E-state index contributed by atoms with van der Waals surface area (Å²) < 4.78 is 0.509. The Kier molecular flexibility index (Phi) is 7.86. The minimum absolute atomic E-state index is 0.102. The first-order valence-electron chi connectivity index (χ1n) is 8.26. The second kappa shape index (κ2) is 9.91. The number of rotatable bonds is 6. The average Bonchev–Trinajstić information content (AvgIpc) is 2.62. The molecule has 2 aromatic carbocycles. The number of nitrogens with one attached hydrogen (secondary N) is 2. The van der Waals surface area contributed by atoms with Crippen molar-refractivity contribution in [2.75, 3.05) is 0 Å². The summed E-state index contributed by atoms with van der Waals surface area (Å²) in [6, 6.07) is 8.48. The molecule has 2 amide bonds. The molecule has 0 spiro atoms. The van der Waals surface area contributed by atoms with Crippen LogP contribution in [-0.4, -0.2) is 29.2 Å². The zero-order valence-electron chi connectivity index (χ0n) is 15.0. The number of halogens is 3. The van der Waals surface area contributed by atoms with Gasteiger partial charge < -0.3 is 10.4 Å². The number of benzene rings is 2. The number of phenolic OH excluding ortho intramolecular Hbond substituents is 1. The van der Waals surface area contributed by atoms with Crippen LogP contribution in [0.25, 0.3) is 0 Å². The van der Waals surface area contributed by atoms with Gasteiger partial charge in [0.2, 0.25) is 0 Å². The number of carbonyl (C=O) groups is 2. The third-order valence-corrected chi connectivity index (χ3v) is 4.95. The maximum Gasteiger partial charge on any atom is 0.262 e. The summed E-state index contributed by atoms with van der Waals surface area (Å²) in [5.41, 5.74) is 3.30. The molecule has 148 valence electrons.